The molecule has 2 amide bonds. The zero-order chi connectivity index (χ0) is 25.0. The fourth-order valence-electron chi connectivity index (χ4n) is 3.74. The van der Waals surface area contributed by atoms with E-state index in [1.165, 1.54) is 5.56 Å². The molecule has 0 saturated heterocycles. The number of thioether (sulfide) groups is 1. The summed E-state index contributed by atoms with van der Waals surface area (Å²) in [6, 6.07) is 26.8. The van der Waals surface area contributed by atoms with Gasteiger partial charge in [0.15, 0.2) is 0 Å². The Morgan fingerprint density at radius 3 is 2.17 bits per heavy atom. The van der Waals surface area contributed by atoms with E-state index in [0.29, 0.717) is 18.0 Å². The van der Waals surface area contributed by atoms with Gasteiger partial charge in [-0.2, -0.15) is 0 Å². The molecule has 0 aliphatic rings. The van der Waals surface area contributed by atoms with E-state index in [1.54, 1.807) is 16.7 Å². The molecular formula is C29H33ClN2O2S. The number of hydrogen-bond donors (Lipinski definition) is 1. The summed E-state index contributed by atoms with van der Waals surface area (Å²) in [5, 5.41) is 3.71. The second kappa shape index (κ2) is 14.0. The minimum atomic E-state index is -0.629. The maximum absolute atomic E-state index is 13.6. The third-order valence-corrected chi connectivity index (χ3v) is 7.07. The molecule has 184 valence electrons. The van der Waals surface area contributed by atoms with E-state index in [9.17, 15) is 9.59 Å². The molecule has 0 spiro atoms. The first-order valence-corrected chi connectivity index (χ1v) is 13.5. The number of halogens is 1. The number of hydrogen-bond acceptors (Lipinski definition) is 3. The monoisotopic (exact) mass is 508 g/mol. The lowest BCUT2D eigenvalue weighted by molar-refractivity contribution is -0.139. The molecule has 6 heteroatoms. The second-order valence-electron chi connectivity index (χ2n) is 8.65. The Kier molecular flexibility index (Phi) is 10.7. The van der Waals surface area contributed by atoms with Crippen LogP contribution in [-0.4, -0.2) is 34.6 Å². The Bertz CT molecular complexity index is 1080. The van der Waals surface area contributed by atoms with E-state index in [-0.39, 0.29) is 23.6 Å². The molecular weight excluding hydrogens is 476 g/mol. The molecule has 0 aliphatic carbocycles. The Morgan fingerprint density at radius 2 is 1.54 bits per heavy atom. The Morgan fingerprint density at radius 1 is 0.914 bits per heavy atom. The van der Waals surface area contributed by atoms with E-state index in [4.69, 9.17) is 11.6 Å². The van der Waals surface area contributed by atoms with Gasteiger partial charge in [0.25, 0.3) is 0 Å². The van der Waals surface area contributed by atoms with Crippen LogP contribution in [0.25, 0.3) is 0 Å². The molecule has 3 aromatic carbocycles. The van der Waals surface area contributed by atoms with Gasteiger partial charge in [-0.25, -0.2) is 0 Å². The van der Waals surface area contributed by atoms with Gasteiger partial charge < -0.3 is 10.2 Å². The van der Waals surface area contributed by atoms with Crippen LogP contribution in [0.4, 0.5) is 0 Å². The number of carbonyl (C=O) groups is 2. The third kappa shape index (κ3) is 8.75. The summed E-state index contributed by atoms with van der Waals surface area (Å²) in [6.07, 6.45) is 1.26. The minimum absolute atomic E-state index is 0.0244. The Balaban J connectivity index is 1.86. The lowest BCUT2D eigenvalue weighted by Gasteiger charge is -2.32. The van der Waals surface area contributed by atoms with Crippen LogP contribution >= 0.6 is 23.4 Å². The van der Waals surface area contributed by atoms with Crippen molar-refractivity contribution in [2.45, 2.75) is 51.1 Å². The first-order chi connectivity index (χ1) is 17.0. The first-order valence-electron chi connectivity index (χ1n) is 12.0. The number of nitrogens with one attached hydrogen (secondary N) is 1. The molecule has 0 aliphatic heterocycles. The van der Waals surface area contributed by atoms with Crippen molar-refractivity contribution < 1.29 is 9.59 Å². The molecule has 1 N–H and O–H groups in total. The first kappa shape index (κ1) is 26.8. The summed E-state index contributed by atoms with van der Waals surface area (Å²) >= 11 is 7.79. The van der Waals surface area contributed by atoms with Crippen LogP contribution in [0.15, 0.2) is 84.9 Å². The van der Waals surface area contributed by atoms with E-state index >= 15 is 0 Å². The van der Waals surface area contributed by atoms with Gasteiger partial charge in [0, 0.05) is 29.8 Å². The van der Waals surface area contributed by atoms with Crippen LogP contribution < -0.4 is 5.32 Å². The largest absolute Gasteiger partial charge is 0.352 e. The van der Waals surface area contributed by atoms with Crippen molar-refractivity contribution in [1.29, 1.82) is 0 Å². The molecule has 0 fully saturated rings. The molecule has 0 saturated carbocycles. The average molecular weight is 509 g/mol. The Labute approximate surface area is 218 Å². The van der Waals surface area contributed by atoms with Crippen molar-refractivity contribution in [3.8, 4) is 0 Å². The van der Waals surface area contributed by atoms with Crippen LogP contribution in [0.1, 0.15) is 37.0 Å². The number of carbonyl (C=O) groups excluding carboxylic acids is 2. The van der Waals surface area contributed by atoms with Crippen LogP contribution in [0.3, 0.4) is 0 Å². The van der Waals surface area contributed by atoms with Crippen molar-refractivity contribution in [1.82, 2.24) is 10.2 Å². The highest BCUT2D eigenvalue weighted by atomic mass is 35.5. The SMILES string of the molecule is CC[C@@H](C)NC(=O)[C@@H](Cc1ccccc1)N(Cc1cccc(Cl)c1)C(=O)CSCc1ccccc1. The van der Waals surface area contributed by atoms with E-state index in [1.807, 2.05) is 86.6 Å². The quantitative estimate of drug-likeness (QED) is 0.320. The van der Waals surface area contributed by atoms with Crippen molar-refractivity contribution in [2.75, 3.05) is 5.75 Å². The molecule has 2 atom stereocenters. The smallest absolute Gasteiger partial charge is 0.243 e. The summed E-state index contributed by atoms with van der Waals surface area (Å²) in [5.74, 6) is 0.829. The standard InChI is InChI=1S/C29H33ClN2O2S/c1-3-22(2)31-29(34)27(18-23-11-6-4-7-12-23)32(19-25-15-10-16-26(30)17-25)28(33)21-35-20-24-13-8-5-9-14-24/h4-17,22,27H,3,18-21H2,1-2H3,(H,31,34)/t22-,27-/m1/s1. The maximum atomic E-state index is 13.6. The summed E-state index contributed by atoms with van der Waals surface area (Å²) < 4.78 is 0. The van der Waals surface area contributed by atoms with Gasteiger partial charge in [-0.1, -0.05) is 91.3 Å². The highest BCUT2D eigenvalue weighted by Gasteiger charge is 2.30. The van der Waals surface area contributed by atoms with Crippen molar-refractivity contribution >= 4 is 35.2 Å². The molecule has 0 unspecified atom stereocenters. The molecule has 0 aromatic heterocycles. The maximum Gasteiger partial charge on any atom is 0.243 e. The van der Waals surface area contributed by atoms with E-state index in [2.05, 4.69) is 17.4 Å². The number of rotatable bonds is 12. The molecule has 3 aromatic rings. The van der Waals surface area contributed by atoms with Crippen molar-refractivity contribution in [3.05, 3.63) is 107 Å². The third-order valence-electron chi connectivity index (χ3n) is 5.85. The number of amides is 2. The summed E-state index contributed by atoms with van der Waals surface area (Å²) in [7, 11) is 0. The van der Waals surface area contributed by atoms with Gasteiger partial charge in [-0.15, -0.1) is 11.8 Å². The fourth-order valence-corrected chi connectivity index (χ4v) is 4.82. The Hall–Kier alpha value is -2.76. The van der Waals surface area contributed by atoms with Gasteiger partial charge >= 0.3 is 0 Å². The van der Waals surface area contributed by atoms with E-state index < -0.39 is 6.04 Å². The van der Waals surface area contributed by atoms with Crippen molar-refractivity contribution in [2.24, 2.45) is 0 Å². The highest BCUT2D eigenvalue weighted by molar-refractivity contribution is 7.99. The molecule has 35 heavy (non-hydrogen) atoms. The number of nitrogens with zero attached hydrogens (tertiary/aromatic N) is 1. The molecule has 4 nitrogen and oxygen atoms in total. The topological polar surface area (TPSA) is 49.4 Å². The molecule has 0 bridgehead atoms. The van der Waals surface area contributed by atoms with E-state index in [0.717, 1.165) is 23.3 Å². The summed E-state index contributed by atoms with van der Waals surface area (Å²) in [5.41, 5.74) is 3.08. The molecule has 3 rings (SSSR count). The van der Waals surface area contributed by atoms with Crippen molar-refractivity contribution in [3.63, 3.8) is 0 Å². The number of benzene rings is 3. The lowest BCUT2D eigenvalue weighted by atomic mass is 10.0. The highest BCUT2D eigenvalue weighted by Crippen LogP contribution is 2.20. The minimum Gasteiger partial charge on any atom is -0.352 e. The fraction of sp³-hybridized carbons (Fsp3) is 0.310. The molecule has 0 heterocycles. The zero-order valence-corrected chi connectivity index (χ0v) is 21.9. The summed E-state index contributed by atoms with van der Waals surface area (Å²) in [6.45, 7) is 4.33. The van der Waals surface area contributed by atoms with Crippen LogP contribution in [0.5, 0.6) is 0 Å². The summed E-state index contributed by atoms with van der Waals surface area (Å²) in [4.78, 5) is 28.8. The predicted octanol–water partition coefficient (Wildman–Crippen LogP) is 6.13. The zero-order valence-electron chi connectivity index (χ0n) is 20.3. The lowest BCUT2D eigenvalue weighted by Crippen LogP contribution is -2.52. The van der Waals surface area contributed by atoms with Gasteiger partial charge in [0.2, 0.25) is 11.8 Å². The van der Waals surface area contributed by atoms with Crippen LogP contribution in [0, 0.1) is 0 Å². The van der Waals surface area contributed by atoms with Gasteiger partial charge in [0.05, 0.1) is 5.75 Å². The van der Waals surface area contributed by atoms with Gasteiger partial charge in [0.1, 0.15) is 6.04 Å². The second-order valence-corrected chi connectivity index (χ2v) is 10.1. The van der Waals surface area contributed by atoms with Gasteiger partial charge in [-0.05, 0) is 42.2 Å². The van der Waals surface area contributed by atoms with Gasteiger partial charge in [-0.3, -0.25) is 9.59 Å². The average Bonchev–Trinajstić information content (AvgIpc) is 2.87. The van der Waals surface area contributed by atoms with Crippen LogP contribution in [0.2, 0.25) is 5.02 Å². The predicted molar refractivity (Wildman–Crippen MR) is 146 cm³/mol. The van der Waals surface area contributed by atoms with Crippen LogP contribution in [-0.2, 0) is 28.3 Å². The molecule has 0 radical (unpaired) electrons. The normalized spacial score (nSPS) is 12.5.